The van der Waals surface area contributed by atoms with Gasteiger partial charge in [-0.25, -0.2) is 0 Å². The zero-order chi connectivity index (χ0) is 10.5. The molecule has 1 fully saturated rings. The molecule has 2 rings (SSSR count). The molecule has 0 aromatic carbocycles. The number of furan rings is 1. The molecule has 1 saturated heterocycles. The maximum atomic E-state index is 9.78. The number of thioether (sulfide) groups is 1. The molecule has 2 heterocycles. The van der Waals surface area contributed by atoms with Crippen molar-refractivity contribution < 1.29 is 9.52 Å². The van der Waals surface area contributed by atoms with Gasteiger partial charge in [-0.2, -0.15) is 11.8 Å². The first-order valence-electron chi connectivity index (χ1n) is 5.39. The monoisotopic (exact) mass is 227 g/mol. The Labute approximate surface area is 94.2 Å². The Hall–Kier alpha value is -0.450. The van der Waals surface area contributed by atoms with Gasteiger partial charge in [-0.15, -0.1) is 0 Å². The molecule has 1 aromatic rings. The maximum absolute atomic E-state index is 9.78. The Morgan fingerprint density at radius 1 is 1.67 bits per heavy atom. The van der Waals surface area contributed by atoms with Crippen molar-refractivity contribution in [2.24, 2.45) is 0 Å². The highest BCUT2D eigenvalue weighted by molar-refractivity contribution is 7.99. The van der Waals surface area contributed by atoms with Gasteiger partial charge in [-0.1, -0.05) is 0 Å². The number of aliphatic hydroxyl groups excluding tert-OH is 1. The van der Waals surface area contributed by atoms with Crippen molar-refractivity contribution in [3.63, 3.8) is 0 Å². The van der Waals surface area contributed by atoms with E-state index in [0.717, 1.165) is 5.75 Å². The summed E-state index contributed by atoms with van der Waals surface area (Å²) < 4.78 is 5.14. The fourth-order valence-corrected chi connectivity index (χ4v) is 2.87. The molecule has 84 valence electrons. The molecule has 2 atom stereocenters. The Morgan fingerprint density at radius 3 is 3.27 bits per heavy atom. The lowest BCUT2D eigenvalue weighted by Crippen LogP contribution is -2.36. The van der Waals surface area contributed by atoms with Crippen molar-refractivity contribution in [1.82, 2.24) is 5.32 Å². The summed E-state index contributed by atoms with van der Waals surface area (Å²) >= 11 is 1.98. The highest BCUT2D eigenvalue weighted by Gasteiger charge is 2.16. The summed E-state index contributed by atoms with van der Waals surface area (Å²) in [5.74, 6) is 3.08. The van der Waals surface area contributed by atoms with Crippen molar-refractivity contribution >= 4 is 11.8 Å². The lowest BCUT2D eigenvalue weighted by molar-refractivity contribution is 0.143. The van der Waals surface area contributed by atoms with Gasteiger partial charge >= 0.3 is 0 Å². The second-order valence-electron chi connectivity index (χ2n) is 3.85. The van der Waals surface area contributed by atoms with E-state index >= 15 is 0 Å². The topological polar surface area (TPSA) is 45.4 Å². The van der Waals surface area contributed by atoms with Gasteiger partial charge in [0.15, 0.2) is 0 Å². The summed E-state index contributed by atoms with van der Waals surface area (Å²) in [6, 6.07) is 4.16. The average Bonchev–Trinajstić information content (AvgIpc) is 2.81. The van der Waals surface area contributed by atoms with E-state index in [1.807, 2.05) is 17.8 Å². The largest absolute Gasteiger partial charge is 0.467 e. The molecule has 1 aliphatic heterocycles. The minimum absolute atomic E-state index is 0.521. The fraction of sp³-hybridized carbons (Fsp3) is 0.636. The molecule has 15 heavy (non-hydrogen) atoms. The van der Waals surface area contributed by atoms with Crippen molar-refractivity contribution in [3.8, 4) is 0 Å². The normalized spacial score (nSPS) is 23.9. The van der Waals surface area contributed by atoms with Crippen LogP contribution in [0.1, 0.15) is 24.7 Å². The van der Waals surface area contributed by atoms with Gasteiger partial charge in [-0.3, -0.25) is 0 Å². The second kappa shape index (κ2) is 5.58. The van der Waals surface area contributed by atoms with Gasteiger partial charge in [0.1, 0.15) is 11.9 Å². The Morgan fingerprint density at radius 2 is 2.60 bits per heavy atom. The van der Waals surface area contributed by atoms with Crippen LogP contribution in [0, 0.1) is 0 Å². The SMILES string of the molecule is O[C@H](CN[C@H]1CCCSC1)c1ccco1. The average molecular weight is 227 g/mol. The lowest BCUT2D eigenvalue weighted by Gasteiger charge is -2.23. The highest BCUT2D eigenvalue weighted by Crippen LogP contribution is 2.18. The van der Waals surface area contributed by atoms with Crippen LogP contribution < -0.4 is 5.32 Å². The summed E-state index contributed by atoms with van der Waals surface area (Å²) in [6.07, 6.45) is 3.57. The van der Waals surface area contributed by atoms with Gasteiger partial charge < -0.3 is 14.8 Å². The fourth-order valence-electron chi connectivity index (χ4n) is 1.76. The zero-order valence-corrected chi connectivity index (χ0v) is 9.50. The summed E-state index contributed by atoms with van der Waals surface area (Å²) in [4.78, 5) is 0. The van der Waals surface area contributed by atoms with Crippen LogP contribution in [0.2, 0.25) is 0 Å². The zero-order valence-electron chi connectivity index (χ0n) is 8.69. The quantitative estimate of drug-likeness (QED) is 0.823. The number of hydrogen-bond donors (Lipinski definition) is 2. The Balaban J connectivity index is 1.73. The van der Waals surface area contributed by atoms with Gasteiger partial charge in [0.2, 0.25) is 0 Å². The first-order valence-corrected chi connectivity index (χ1v) is 6.54. The predicted molar refractivity (Wildman–Crippen MR) is 62.0 cm³/mol. The number of rotatable bonds is 4. The van der Waals surface area contributed by atoms with Crippen LogP contribution in [0.5, 0.6) is 0 Å². The smallest absolute Gasteiger partial charge is 0.133 e. The van der Waals surface area contributed by atoms with E-state index in [-0.39, 0.29) is 0 Å². The summed E-state index contributed by atoms with van der Waals surface area (Å²) in [5.41, 5.74) is 0. The number of nitrogens with one attached hydrogen (secondary N) is 1. The first-order chi connectivity index (χ1) is 7.36. The molecular formula is C11H17NO2S. The molecule has 0 saturated carbocycles. The molecular weight excluding hydrogens is 210 g/mol. The highest BCUT2D eigenvalue weighted by atomic mass is 32.2. The molecule has 1 aliphatic rings. The lowest BCUT2D eigenvalue weighted by atomic mass is 10.1. The summed E-state index contributed by atoms with van der Waals surface area (Å²) in [6.45, 7) is 0.582. The Kier molecular flexibility index (Phi) is 4.11. The molecule has 4 heteroatoms. The summed E-state index contributed by atoms with van der Waals surface area (Å²) in [7, 11) is 0. The molecule has 0 amide bonds. The maximum Gasteiger partial charge on any atom is 0.133 e. The van der Waals surface area contributed by atoms with Crippen LogP contribution in [-0.2, 0) is 0 Å². The summed E-state index contributed by atoms with van der Waals surface area (Å²) in [5, 5.41) is 13.2. The van der Waals surface area contributed by atoms with Crippen molar-refractivity contribution in [3.05, 3.63) is 24.2 Å². The molecule has 0 radical (unpaired) electrons. The van der Waals surface area contributed by atoms with Crippen molar-refractivity contribution in [2.45, 2.75) is 25.0 Å². The molecule has 0 unspecified atom stereocenters. The minimum atomic E-state index is -0.521. The standard InChI is InChI=1S/C11H17NO2S/c13-10(11-4-1-5-14-11)7-12-9-3-2-6-15-8-9/h1,4-5,9-10,12-13H,2-3,6-8H2/t9-,10+/m0/s1. The van der Waals surface area contributed by atoms with Gasteiger partial charge in [0, 0.05) is 18.3 Å². The Bertz CT molecular complexity index is 270. The van der Waals surface area contributed by atoms with Crippen molar-refractivity contribution in [1.29, 1.82) is 0 Å². The molecule has 0 aliphatic carbocycles. The van der Waals surface area contributed by atoms with Crippen LogP contribution in [-0.4, -0.2) is 29.2 Å². The van der Waals surface area contributed by atoms with Gasteiger partial charge in [0.25, 0.3) is 0 Å². The van der Waals surface area contributed by atoms with Gasteiger partial charge in [0.05, 0.1) is 6.26 Å². The minimum Gasteiger partial charge on any atom is -0.467 e. The van der Waals surface area contributed by atoms with E-state index < -0.39 is 6.10 Å². The third-order valence-corrected chi connectivity index (χ3v) is 3.85. The number of aliphatic hydroxyl groups is 1. The van der Waals surface area contributed by atoms with Crippen LogP contribution in [0.4, 0.5) is 0 Å². The molecule has 0 spiro atoms. The third kappa shape index (κ3) is 3.26. The van der Waals surface area contributed by atoms with Crippen LogP contribution in [0.25, 0.3) is 0 Å². The van der Waals surface area contributed by atoms with Crippen LogP contribution in [0.3, 0.4) is 0 Å². The third-order valence-electron chi connectivity index (χ3n) is 2.63. The molecule has 1 aromatic heterocycles. The van der Waals surface area contributed by atoms with E-state index in [1.54, 1.807) is 12.3 Å². The van der Waals surface area contributed by atoms with Crippen molar-refractivity contribution in [2.75, 3.05) is 18.1 Å². The van der Waals surface area contributed by atoms with E-state index in [0.29, 0.717) is 18.3 Å². The van der Waals surface area contributed by atoms with E-state index in [4.69, 9.17) is 4.42 Å². The first kappa shape index (κ1) is 11.0. The van der Waals surface area contributed by atoms with Gasteiger partial charge in [-0.05, 0) is 30.7 Å². The van der Waals surface area contributed by atoms with E-state index in [1.165, 1.54) is 18.6 Å². The molecule has 2 N–H and O–H groups in total. The second-order valence-corrected chi connectivity index (χ2v) is 5.00. The van der Waals surface area contributed by atoms with Crippen LogP contribution >= 0.6 is 11.8 Å². The van der Waals surface area contributed by atoms with Crippen LogP contribution in [0.15, 0.2) is 22.8 Å². The van der Waals surface area contributed by atoms with E-state index in [2.05, 4.69) is 5.32 Å². The predicted octanol–water partition coefficient (Wildman–Crippen LogP) is 1.80. The number of hydrogen-bond acceptors (Lipinski definition) is 4. The molecule has 0 bridgehead atoms. The van der Waals surface area contributed by atoms with E-state index in [9.17, 15) is 5.11 Å². The molecule has 3 nitrogen and oxygen atoms in total.